The first-order valence-electron chi connectivity index (χ1n) is 9.49. The van der Waals surface area contributed by atoms with Gasteiger partial charge in [0.1, 0.15) is 0 Å². The predicted octanol–water partition coefficient (Wildman–Crippen LogP) is 4.07. The third-order valence-corrected chi connectivity index (χ3v) is 6.98. The number of hydrogen-bond acceptors (Lipinski definition) is 5. The number of carboxylic acid groups (broad SMARTS) is 1. The number of aromatic nitrogens is 4. The van der Waals surface area contributed by atoms with Crippen LogP contribution in [0.5, 0.6) is 0 Å². The Labute approximate surface area is 187 Å². The van der Waals surface area contributed by atoms with Gasteiger partial charge in [-0.25, -0.2) is 17.4 Å². The molecule has 0 fully saturated rings. The van der Waals surface area contributed by atoms with Crippen molar-refractivity contribution in [3.05, 3.63) is 65.2 Å². The number of aliphatic carboxylic acids is 1. The zero-order valence-corrected chi connectivity index (χ0v) is 19.0. The Morgan fingerprint density at radius 2 is 1.90 bits per heavy atom. The minimum Gasteiger partial charge on any atom is -0.481 e. The summed E-state index contributed by atoms with van der Waals surface area (Å²) in [5.41, 5.74) is 2.67. The summed E-state index contributed by atoms with van der Waals surface area (Å²) in [6, 6.07) is 8.49. The van der Waals surface area contributed by atoms with Crippen LogP contribution >= 0.6 is 15.9 Å². The number of carbonyl (C=O) groups is 1. The van der Waals surface area contributed by atoms with Crippen LogP contribution < -0.4 is 0 Å². The minimum absolute atomic E-state index is 0.0557. The number of carboxylic acids is 1. The Bertz CT molecular complexity index is 1370. The van der Waals surface area contributed by atoms with Crippen molar-refractivity contribution in [3.8, 4) is 11.1 Å². The van der Waals surface area contributed by atoms with E-state index in [-0.39, 0.29) is 11.3 Å². The van der Waals surface area contributed by atoms with Gasteiger partial charge >= 0.3 is 5.97 Å². The van der Waals surface area contributed by atoms with Crippen LogP contribution in [-0.4, -0.2) is 38.2 Å². The molecule has 0 aliphatic heterocycles. The van der Waals surface area contributed by atoms with Gasteiger partial charge in [0.2, 0.25) is 0 Å². The van der Waals surface area contributed by atoms with Crippen molar-refractivity contribution in [2.75, 3.05) is 0 Å². The van der Waals surface area contributed by atoms with Crippen LogP contribution in [0.3, 0.4) is 0 Å². The molecular formula is C21H19BrN4O4S. The van der Waals surface area contributed by atoms with Gasteiger partial charge in [-0.1, -0.05) is 17.7 Å². The molecule has 0 aliphatic carbocycles. The van der Waals surface area contributed by atoms with E-state index in [2.05, 4.69) is 26.0 Å². The number of benzene rings is 1. The van der Waals surface area contributed by atoms with Gasteiger partial charge in [0, 0.05) is 52.5 Å². The molecular weight excluding hydrogens is 484 g/mol. The van der Waals surface area contributed by atoms with Crippen LogP contribution in [-0.2, 0) is 21.4 Å². The number of nitrogens with zero attached hydrogens (tertiary/aromatic N) is 4. The molecule has 0 aliphatic rings. The molecule has 1 N–H and O–H groups in total. The average Bonchev–Trinajstić information content (AvgIpc) is 3.32. The summed E-state index contributed by atoms with van der Waals surface area (Å²) in [4.78, 5) is 15.3. The van der Waals surface area contributed by atoms with Crippen LogP contribution in [0.25, 0.3) is 22.2 Å². The molecule has 0 atom stereocenters. The quantitative estimate of drug-likeness (QED) is 0.408. The molecule has 0 bridgehead atoms. The Morgan fingerprint density at radius 3 is 2.61 bits per heavy atom. The Hall–Kier alpha value is -2.98. The summed E-state index contributed by atoms with van der Waals surface area (Å²) < 4.78 is 30.2. The highest BCUT2D eigenvalue weighted by atomic mass is 79.9. The van der Waals surface area contributed by atoms with E-state index in [0.29, 0.717) is 29.6 Å². The maximum absolute atomic E-state index is 13.3. The lowest BCUT2D eigenvalue weighted by Crippen LogP contribution is -2.12. The smallest absolute Gasteiger partial charge is 0.303 e. The number of fused-ring (bicyclic) bond motifs is 1. The molecule has 0 radical (unpaired) electrons. The van der Waals surface area contributed by atoms with E-state index >= 15 is 0 Å². The van der Waals surface area contributed by atoms with Gasteiger partial charge in [-0.3, -0.25) is 9.48 Å². The maximum Gasteiger partial charge on any atom is 0.303 e. The van der Waals surface area contributed by atoms with Gasteiger partial charge in [0.25, 0.3) is 10.0 Å². The summed E-state index contributed by atoms with van der Waals surface area (Å²) in [6.07, 6.45) is 7.04. The summed E-state index contributed by atoms with van der Waals surface area (Å²) in [5, 5.41) is 13.8. The maximum atomic E-state index is 13.3. The van der Waals surface area contributed by atoms with E-state index < -0.39 is 16.0 Å². The van der Waals surface area contributed by atoms with Crippen molar-refractivity contribution in [2.45, 2.75) is 31.2 Å². The van der Waals surface area contributed by atoms with Crippen LogP contribution in [0.4, 0.5) is 0 Å². The summed E-state index contributed by atoms with van der Waals surface area (Å²) in [5.74, 6) is -0.854. The lowest BCUT2D eigenvalue weighted by atomic mass is 10.1. The van der Waals surface area contributed by atoms with Gasteiger partial charge in [-0.2, -0.15) is 5.10 Å². The lowest BCUT2D eigenvalue weighted by Gasteiger charge is -2.07. The van der Waals surface area contributed by atoms with E-state index in [0.717, 1.165) is 15.6 Å². The first kappa shape index (κ1) is 21.3. The highest BCUT2D eigenvalue weighted by Crippen LogP contribution is 2.33. The molecule has 3 aromatic heterocycles. The normalized spacial score (nSPS) is 11.8. The molecule has 8 nitrogen and oxygen atoms in total. The molecule has 4 aromatic rings. The van der Waals surface area contributed by atoms with E-state index in [1.807, 2.05) is 13.0 Å². The molecule has 1 aromatic carbocycles. The average molecular weight is 503 g/mol. The van der Waals surface area contributed by atoms with Crippen molar-refractivity contribution >= 4 is 43.0 Å². The molecule has 0 spiro atoms. The SMILES string of the molecule is Cc1ccc(S(=O)(=O)n2cc(-c3cnn(CCCC(=O)O)c3)c3cc(Br)cnc32)cc1. The summed E-state index contributed by atoms with van der Waals surface area (Å²) >= 11 is 3.41. The summed E-state index contributed by atoms with van der Waals surface area (Å²) in [6.45, 7) is 2.35. The second-order valence-electron chi connectivity index (χ2n) is 7.17. The van der Waals surface area contributed by atoms with Crippen molar-refractivity contribution in [2.24, 2.45) is 0 Å². The second kappa shape index (κ2) is 8.27. The molecule has 0 saturated carbocycles. The standard InChI is InChI=1S/C21H19BrN4O4S/c1-14-4-6-17(7-5-14)31(29,30)26-13-19(18-9-16(22)11-23-21(18)26)15-10-24-25(12-15)8-2-3-20(27)28/h4-7,9-13H,2-3,8H2,1H3,(H,27,28). The fourth-order valence-corrected chi connectivity index (χ4v) is 4.96. The van der Waals surface area contributed by atoms with E-state index in [1.54, 1.807) is 53.7 Å². The largest absolute Gasteiger partial charge is 0.481 e. The van der Waals surface area contributed by atoms with E-state index in [1.165, 1.54) is 3.97 Å². The number of pyridine rings is 1. The van der Waals surface area contributed by atoms with Crippen molar-refractivity contribution < 1.29 is 18.3 Å². The van der Waals surface area contributed by atoms with E-state index in [4.69, 9.17) is 5.11 Å². The third kappa shape index (κ3) is 4.26. The lowest BCUT2D eigenvalue weighted by molar-refractivity contribution is -0.137. The van der Waals surface area contributed by atoms with Crippen LogP contribution in [0.15, 0.2) is 64.5 Å². The Balaban J connectivity index is 1.79. The van der Waals surface area contributed by atoms with Crippen molar-refractivity contribution in [1.82, 2.24) is 18.7 Å². The zero-order chi connectivity index (χ0) is 22.2. The monoisotopic (exact) mass is 502 g/mol. The first-order valence-corrected chi connectivity index (χ1v) is 11.7. The summed E-state index contributed by atoms with van der Waals surface area (Å²) in [7, 11) is -3.85. The highest BCUT2D eigenvalue weighted by molar-refractivity contribution is 9.10. The van der Waals surface area contributed by atoms with Crippen molar-refractivity contribution in [1.29, 1.82) is 0 Å². The Morgan fingerprint density at radius 1 is 1.16 bits per heavy atom. The molecule has 10 heteroatoms. The topological polar surface area (TPSA) is 107 Å². The van der Waals surface area contributed by atoms with Gasteiger partial charge in [0.15, 0.2) is 5.65 Å². The molecule has 0 saturated heterocycles. The zero-order valence-electron chi connectivity index (χ0n) is 16.6. The fourth-order valence-electron chi connectivity index (χ4n) is 3.31. The molecule has 31 heavy (non-hydrogen) atoms. The molecule has 3 heterocycles. The predicted molar refractivity (Wildman–Crippen MR) is 119 cm³/mol. The van der Waals surface area contributed by atoms with E-state index in [9.17, 15) is 13.2 Å². The Kier molecular flexibility index (Phi) is 5.67. The van der Waals surface area contributed by atoms with Crippen LogP contribution in [0, 0.1) is 6.92 Å². The molecule has 0 amide bonds. The van der Waals surface area contributed by atoms with Gasteiger partial charge in [0.05, 0.1) is 11.1 Å². The highest BCUT2D eigenvalue weighted by Gasteiger charge is 2.23. The van der Waals surface area contributed by atoms with Gasteiger partial charge in [-0.05, 0) is 47.5 Å². The molecule has 4 rings (SSSR count). The van der Waals surface area contributed by atoms with Gasteiger partial charge < -0.3 is 5.11 Å². The minimum atomic E-state index is -3.85. The first-order chi connectivity index (χ1) is 14.8. The third-order valence-electron chi connectivity index (χ3n) is 4.88. The molecule has 0 unspecified atom stereocenters. The molecule has 160 valence electrons. The van der Waals surface area contributed by atoms with Crippen LogP contribution in [0.2, 0.25) is 0 Å². The second-order valence-corrected chi connectivity index (χ2v) is 9.90. The number of hydrogen-bond donors (Lipinski definition) is 1. The van der Waals surface area contributed by atoms with Crippen LogP contribution in [0.1, 0.15) is 18.4 Å². The number of rotatable bonds is 7. The van der Waals surface area contributed by atoms with Crippen molar-refractivity contribution in [3.63, 3.8) is 0 Å². The number of halogens is 1. The van der Waals surface area contributed by atoms with Gasteiger partial charge in [-0.15, -0.1) is 0 Å². The number of aryl methyl sites for hydroxylation is 2. The fraction of sp³-hybridized carbons (Fsp3) is 0.190.